The molecule has 2 aromatic heterocycles. The summed E-state index contributed by atoms with van der Waals surface area (Å²) in [5, 5.41) is 8.34. The molecule has 0 aliphatic carbocycles. The highest BCUT2D eigenvalue weighted by molar-refractivity contribution is 5.96. The van der Waals surface area contributed by atoms with E-state index in [0.717, 1.165) is 11.4 Å². The number of amides is 1. The van der Waals surface area contributed by atoms with Gasteiger partial charge in [-0.1, -0.05) is 35.5 Å². The number of aromatic nitrogens is 4. The molecule has 1 amide bonds. The maximum absolute atomic E-state index is 13.3. The lowest BCUT2D eigenvalue weighted by Gasteiger charge is -2.17. The van der Waals surface area contributed by atoms with Crippen molar-refractivity contribution in [3.63, 3.8) is 0 Å². The van der Waals surface area contributed by atoms with Gasteiger partial charge in [-0.25, -0.2) is 0 Å². The van der Waals surface area contributed by atoms with E-state index in [9.17, 15) is 4.79 Å². The molecule has 7 nitrogen and oxygen atoms in total. The standard InChI is InChI=1S/C20H23N5O2/c1-12-18(13(2)24(4)22-12)20(26)25-10-16(15-8-6-5-7-9-15)17(11-25)19-21-14(3)23-27-19/h5-9,16-17H,10-11H2,1-4H3. The third-order valence-electron chi connectivity index (χ3n) is 5.42. The first-order chi connectivity index (χ1) is 13.0. The quantitative estimate of drug-likeness (QED) is 0.713. The van der Waals surface area contributed by atoms with Gasteiger partial charge in [0.05, 0.1) is 17.2 Å². The van der Waals surface area contributed by atoms with Crippen LogP contribution < -0.4 is 0 Å². The van der Waals surface area contributed by atoms with E-state index >= 15 is 0 Å². The molecule has 3 aromatic rings. The molecule has 2 atom stereocenters. The van der Waals surface area contributed by atoms with Crippen LogP contribution in [-0.4, -0.2) is 43.8 Å². The van der Waals surface area contributed by atoms with Crippen molar-refractivity contribution >= 4 is 5.91 Å². The van der Waals surface area contributed by atoms with Crippen molar-refractivity contribution in [3.8, 4) is 0 Å². The molecule has 1 aromatic carbocycles. The number of benzene rings is 1. The topological polar surface area (TPSA) is 77.0 Å². The highest BCUT2D eigenvalue weighted by Crippen LogP contribution is 2.39. The fourth-order valence-corrected chi connectivity index (χ4v) is 3.96. The van der Waals surface area contributed by atoms with Crippen LogP contribution in [-0.2, 0) is 7.05 Å². The van der Waals surface area contributed by atoms with Gasteiger partial charge in [-0.2, -0.15) is 10.1 Å². The second-order valence-corrected chi connectivity index (χ2v) is 7.18. The van der Waals surface area contributed by atoms with Crippen LogP contribution in [0.4, 0.5) is 0 Å². The first-order valence-electron chi connectivity index (χ1n) is 9.10. The molecule has 0 spiro atoms. The Bertz CT molecular complexity index is 976. The van der Waals surface area contributed by atoms with Crippen molar-refractivity contribution in [1.82, 2.24) is 24.8 Å². The monoisotopic (exact) mass is 365 g/mol. The van der Waals surface area contributed by atoms with Crippen LogP contribution in [0.25, 0.3) is 0 Å². The van der Waals surface area contributed by atoms with E-state index in [1.165, 1.54) is 5.56 Å². The number of aryl methyl sites for hydroxylation is 3. The van der Waals surface area contributed by atoms with Crippen molar-refractivity contribution in [2.24, 2.45) is 7.05 Å². The molecule has 1 saturated heterocycles. The summed E-state index contributed by atoms with van der Waals surface area (Å²) in [5.41, 5.74) is 3.50. The van der Waals surface area contributed by atoms with Crippen LogP contribution in [0.15, 0.2) is 34.9 Å². The normalized spacial score (nSPS) is 19.6. The van der Waals surface area contributed by atoms with E-state index in [1.54, 1.807) is 4.68 Å². The van der Waals surface area contributed by atoms with E-state index in [-0.39, 0.29) is 17.7 Å². The predicted molar refractivity (Wildman–Crippen MR) is 99.5 cm³/mol. The summed E-state index contributed by atoms with van der Waals surface area (Å²) < 4.78 is 7.23. The Morgan fingerprint density at radius 1 is 1.11 bits per heavy atom. The first-order valence-corrected chi connectivity index (χ1v) is 9.10. The highest BCUT2D eigenvalue weighted by Gasteiger charge is 2.41. The van der Waals surface area contributed by atoms with Gasteiger partial charge in [-0.15, -0.1) is 0 Å². The molecule has 1 fully saturated rings. The van der Waals surface area contributed by atoms with Crippen molar-refractivity contribution < 1.29 is 9.32 Å². The van der Waals surface area contributed by atoms with Gasteiger partial charge in [0, 0.05) is 31.7 Å². The molecule has 4 rings (SSSR count). The smallest absolute Gasteiger partial charge is 0.257 e. The van der Waals surface area contributed by atoms with E-state index in [4.69, 9.17) is 4.52 Å². The van der Waals surface area contributed by atoms with Crippen molar-refractivity contribution in [2.75, 3.05) is 13.1 Å². The minimum absolute atomic E-state index is 0.0118. The van der Waals surface area contributed by atoms with E-state index in [1.807, 2.05) is 50.9 Å². The van der Waals surface area contributed by atoms with Crippen LogP contribution in [0.2, 0.25) is 0 Å². The molecule has 7 heteroatoms. The SMILES string of the molecule is Cc1noc(C2CN(C(=O)c3c(C)nn(C)c3C)CC2c2ccccc2)n1. The summed E-state index contributed by atoms with van der Waals surface area (Å²) in [7, 11) is 1.86. The molecular weight excluding hydrogens is 342 g/mol. The molecule has 3 heterocycles. The molecule has 0 saturated carbocycles. The average molecular weight is 365 g/mol. The molecule has 1 aliphatic heterocycles. The summed E-state index contributed by atoms with van der Waals surface area (Å²) in [4.78, 5) is 19.6. The van der Waals surface area contributed by atoms with Crippen LogP contribution in [0.5, 0.6) is 0 Å². The van der Waals surface area contributed by atoms with Gasteiger partial charge in [0.2, 0.25) is 5.89 Å². The van der Waals surface area contributed by atoms with Gasteiger partial charge in [0.15, 0.2) is 5.82 Å². The van der Waals surface area contributed by atoms with Crippen molar-refractivity contribution in [2.45, 2.75) is 32.6 Å². The van der Waals surface area contributed by atoms with Crippen molar-refractivity contribution in [1.29, 1.82) is 0 Å². The largest absolute Gasteiger partial charge is 0.339 e. The molecule has 2 unspecified atom stereocenters. The molecule has 0 bridgehead atoms. The third-order valence-corrected chi connectivity index (χ3v) is 5.42. The van der Waals surface area contributed by atoms with Crippen LogP contribution in [0, 0.1) is 20.8 Å². The molecule has 1 aliphatic rings. The van der Waals surface area contributed by atoms with E-state index < -0.39 is 0 Å². The van der Waals surface area contributed by atoms with Gasteiger partial charge in [0.25, 0.3) is 5.91 Å². The molecule has 0 N–H and O–H groups in total. The lowest BCUT2D eigenvalue weighted by Crippen LogP contribution is -2.29. The number of carbonyl (C=O) groups excluding carboxylic acids is 1. The zero-order valence-corrected chi connectivity index (χ0v) is 16.0. The first kappa shape index (κ1) is 17.5. The number of likely N-dealkylation sites (tertiary alicyclic amines) is 1. The lowest BCUT2D eigenvalue weighted by atomic mass is 9.89. The lowest BCUT2D eigenvalue weighted by molar-refractivity contribution is 0.0786. The van der Waals surface area contributed by atoms with Crippen LogP contribution in [0.1, 0.15) is 50.9 Å². The maximum Gasteiger partial charge on any atom is 0.257 e. The number of carbonyl (C=O) groups is 1. The van der Waals surface area contributed by atoms with Gasteiger partial charge in [0.1, 0.15) is 0 Å². The van der Waals surface area contributed by atoms with Crippen LogP contribution >= 0.6 is 0 Å². The van der Waals surface area contributed by atoms with E-state index in [0.29, 0.717) is 30.4 Å². The number of hydrogen-bond donors (Lipinski definition) is 0. The fourth-order valence-electron chi connectivity index (χ4n) is 3.96. The Morgan fingerprint density at radius 2 is 1.81 bits per heavy atom. The summed E-state index contributed by atoms with van der Waals surface area (Å²) in [6.45, 7) is 6.78. The highest BCUT2D eigenvalue weighted by atomic mass is 16.5. The summed E-state index contributed by atoms with van der Waals surface area (Å²) in [6, 6.07) is 10.2. The zero-order chi connectivity index (χ0) is 19.1. The maximum atomic E-state index is 13.3. The Labute approximate surface area is 158 Å². The molecular formula is C20H23N5O2. The Morgan fingerprint density at radius 3 is 2.41 bits per heavy atom. The van der Waals surface area contributed by atoms with Gasteiger partial charge in [-0.3, -0.25) is 9.48 Å². The Kier molecular flexibility index (Phi) is 4.30. The number of rotatable bonds is 3. The predicted octanol–water partition coefficient (Wildman–Crippen LogP) is 2.75. The van der Waals surface area contributed by atoms with Crippen LogP contribution in [0.3, 0.4) is 0 Å². The Hall–Kier alpha value is -2.96. The zero-order valence-electron chi connectivity index (χ0n) is 16.0. The summed E-state index contributed by atoms with van der Waals surface area (Å²) in [5.74, 6) is 1.32. The third kappa shape index (κ3) is 3.03. The second-order valence-electron chi connectivity index (χ2n) is 7.18. The number of nitrogens with zero attached hydrogens (tertiary/aromatic N) is 5. The molecule has 0 radical (unpaired) electrons. The summed E-state index contributed by atoms with van der Waals surface area (Å²) >= 11 is 0. The average Bonchev–Trinajstić information content (AvgIpc) is 3.34. The van der Waals surface area contributed by atoms with Gasteiger partial charge < -0.3 is 9.42 Å². The van der Waals surface area contributed by atoms with E-state index in [2.05, 4.69) is 27.4 Å². The summed E-state index contributed by atoms with van der Waals surface area (Å²) in [6.07, 6.45) is 0. The minimum atomic E-state index is -0.0187. The fraction of sp³-hybridized carbons (Fsp3) is 0.400. The number of hydrogen-bond acceptors (Lipinski definition) is 5. The Balaban J connectivity index is 1.69. The van der Waals surface area contributed by atoms with Gasteiger partial charge >= 0.3 is 0 Å². The minimum Gasteiger partial charge on any atom is -0.339 e. The molecule has 27 heavy (non-hydrogen) atoms. The van der Waals surface area contributed by atoms with Crippen molar-refractivity contribution in [3.05, 3.63) is 64.6 Å². The van der Waals surface area contributed by atoms with Gasteiger partial charge in [-0.05, 0) is 26.3 Å². The second kappa shape index (κ2) is 6.64. The molecule has 140 valence electrons.